The van der Waals surface area contributed by atoms with Gasteiger partial charge in [-0.15, -0.1) is 0 Å². The highest BCUT2D eigenvalue weighted by molar-refractivity contribution is 9.10. The summed E-state index contributed by atoms with van der Waals surface area (Å²) in [5.41, 5.74) is 7.84. The molecular weight excluding hydrogens is 242 g/mol. The second-order valence-electron chi connectivity index (χ2n) is 3.52. The number of hydrogen-bond donors (Lipinski definition) is 2. The topological polar surface area (TPSA) is 54.7 Å². The van der Waals surface area contributed by atoms with E-state index < -0.39 is 0 Å². The summed E-state index contributed by atoms with van der Waals surface area (Å²) in [5, 5.41) is 8.42. The Kier molecular flexibility index (Phi) is 2.56. The van der Waals surface area contributed by atoms with Gasteiger partial charge in [-0.25, -0.2) is 0 Å². The number of H-pyrrole nitrogens is 1. The molecule has 0 aliphatic rings. The van der Waals surface area contributed by atoms with E-state index in [0.717, 1.165) is 27.5 Å². The largest absolute Gasteiger partial charge is 0.328 e. The van der Waals surface area contributed by atoms with Gasteiger partial charge in [0.1, 0.15) is 5.52 Å². The lowest BCUT2D eigenvalue weighted by atomic mass is 10.1. The van der Waals surface area contributed by atoms with Crippen LogP contribution >= 0.6 is 15.9 Å². The Balaban J connectivity index is 2.52. The molecule has 4 heteroatoms. The predicted molar refractivity (Wildman–Crippen MR) is 61.1 cm³/mol. The molecule has 0 spiro atoms. The number of nitrogens with zero attached hydrogens (tertiary/aromatic N) is 1. The van der Waals surface area contributed by atoms with Crippen LogP contribution in [0.5, 0.6) is 0 Å². The maximum Gasteiger partial charge on any atom is 0.106 e. The van der Waals surface area contributed by atoms with Crippen LogP contribution in [0, 0.1) is 0 Å². The fourth-order valence-electron chi connectivity index (χ4n) is 1.53. The molecule has 1 aromatic heterocycles. The van der Waals surface area contributed by atoms with Gasteiger partial charge in [0.25, 0.3) is 0 Å². The summed E-state index contributed by atoms with van der Waals surface area (Å²) in [6, 6.07) is 6.20. The molecule has 2 rings (SSSR count). The summed E-state index contributed by atoms with van der Waals surface area (Å²) in [5.74, 6) is 0. The Morgan fingerprint density at radius 1 is 1.57 bits per heavy atom. The smallest absolute Gasteiger partial charge is 0.106 e. The van der Waals surface area contributed by atoms with Crippen molar-refractivity contribution < 1.29 is 0 Å². The Bertz CT molecular complexity index is 448. The van der Waals surface area contributed by atoms with E-state index in [2.05, 4.69) is 32.2 Å². The molecule has 1 aromatic carbocycles. The molecule has 0 amide bonds. The highest BCUT2D eigenvalue weighted by atomic mass is 79.9. The van der Waals surface area contributed by atoms with Gasteiger partial charge in [-0.2, -0.15) is 5.10 Å². The number of nitrogens with one attached hydrogen (secondary N) is 1. The van der Waals surface area contributed by atoms with Crippen LogP contribution in [0.2, 0.25) is 0 Å². The summed E-state index contributed by atoms with van der Waals surface area (Å²) in [6.07, 6.45) is 0.826. The number of fused-ring (bicyclic) bond motifs is 1. The number of rotatable bonds is 2. The average Bonchev–Trinajstić information content (AvgIpc) is 2.49. The van der Waals surface area contributed by atoms with Crippen LogP contribution < -0.4 is 5.73 Å². The van der Waals surface area contributed by atoms with E-state index in [1.165, 1.54) is 0 Å². The first-order chi connectivity index (χ1) is 6.68. The third-order valence-corrected chi connectivity index (χ3v) is 2.78. The lowest BCUT2D eigenvalue weighted by molar-refractivity contribution is 0.722. The van der Waals surface area contributed by atoms with E-state index in [4.69, 9.17) is 5.73 Å². The van der Waals surface area contributed by atoms with E-state index in [0.29, 0.717) is 0 Å². The minimum absolute atomic E-state index is 0.151. The number of aromatic amines is 1. The minimum atomic E-state index is 0.151. The first kappa shape index (κ1) is 9.68. The van der Waals surface area contributed by atoms with Crippen molar-refractivity contribution in [2.75, 3.05) is 0 Å². The lowest BCUT2D eigenvalue weighted by Gasteiger charge is -2.02. The Morgan fingerprint density at radius 2 is 2.36 bits per heavy atom. The van der Waals surface area contributed by atoms with E-state index in [1.807, 2.05) is 19.1 Å². The van der Waals surface area contributed by atoms with E-state index in [1.54, 1.807) is 0 Å². The molecule has 2 aromatic rings. The Morgan fingerprint density at radius 3 is 3.07 bits per heavy atom. The molecule has 0 aliphatic carbocycles. The van der Waals surface area contributed by atoms with Gasteiger partial charge in [0, 0.05) is 28.0 Å². The summed E-state index contributed by atoms with van der Waals surface area (Å²) >= 11 is 3.46. The molecule has 74 valence electrons. The van der Waals surface area contributed by atoms with Crippen LogP contribution in [0.4, 0.5) is 0 Å². The van der Waals surface area contributed by atoms with Crippen LogP contribution in [0.1, 0.15) is 12.6 Å². The quantitative estimate of drug-likeness (QED) is 0.863. The zero-order chi connectivity index (χ0) is 10.1. The molecule has 0 radical (unpaired) electrons. The minimum Gasteiger partial charge on any atom is -0.328 e. The fraction of sp³-hybridized carbons (Fsp3) is 0.300. The normalized spacial score (nSPS) is 13.4. The van der Waals surface area contributed by atoms with Gasteiger partial charge >= 0.3 is 0 Å². The first-order valence-corrected chi connectivity index (χ1v) is 5.35. The van der Waals surface area contributed by atoms with Crippen molar-refractivity contribution in [3.63, 3.8) is 0 Å². The van der Waals surface area contributed by atoms with Gasteiger partial charge < -0.3 is 5.73 Å². The number of benzene rings is 1. The van der Waals surface area contributed by atoms with Crippen molar-refractivity contribution >= 4 is 26.8 Å². The number of nitrogens with two attached hydrogens (primary N) is 1. The summed E-state index contributed by atoms with van der Waals surface area (Å²) in [6.45, 7) is 1.99. The molecule has 14 heavy (non-hydrogen) atoms. The number of aromatic nitrogens is 2. The summed E-state index contributed by atoms with van der Waals surface area (Å²) in [4.78, 5) is 0. The Hall–Kier alpha value is -0.870. The highest BCUT2D eigenvalue weighted by Crippen LogP contribution is 2.24. The van der Waals surface area contributed by atoms with Crippen molar-refractivity contribution in [3.05, 3.63) is 28.4 Å². The van der Waals surface area contributed by atoms with Crippen LogP contribution in [0.15, 0.2) is 22.7 Å². The van der Waals surface area contributed by atoms with Gasteiger partial charge in [-0.3, -0.25) is 5.10 Å². The molecule has 3 N–H and O–H groups in total. The van der Waals surface area contributed by atoms with Gasteiger partial charge in [0.15, 0.2) is 0 Å². The maximum atomic E-state index is 5.75. The SMILES string of the molecule is CC(N)Cc1[nH]nc2c(Br)cccc12. The molecule has 0 aliphatic heterocycles. The van der Waals surface area contributed by atoms with Crippen LogP contribution in [-0.2, 0) is 6.42 Å². The summed E-state index contributed by atoms with van der Waals surface area (Å²) < 4.78 is 1.02. The zero-order valence-corrected chi connectivity index (χ0v) is 9.51. The number of halogens is 1. The van der Waals surface area contributed by atoms with Gasteiger partial charge in [0.2, 0.25) is 0 Å². The van der Waals surface area contributed by atoms with Crippen molar-refractivity contribution in [3.8, 4) is 0 Å². The number of para-hydroxylation sites is 1. The van der Waals surface area contributed by atoms with Gasteiger partial charge in [-0.05, 0) is 28.9 Å². The fourth-order valence-corrected chi connectivity index (χ4v) is 1.99. The van der Waals surface area contributed by atoms with Crippen LogP contribution in [0.25, 0.3) is 10.9 Å². The van der Waals surface area contributed by atoms with Crippen molar-refractivity contribution in [2.24, 2.45) is 5.73 Å². The molecule has 0 bridgehead atoms. The monoisotopic (exact) mass is 253 g/mol. The van der Waals surface area contributed by atoms with E-state index in [9.17, 15) is 0 Å². The zero-order valence-electron chi connectivity index (χ0n) is 7.92. The van der Waals surface area contributed by atoms with Crippen molar-refractivity contribution in [1.82, 2.24) is 10.2 Å². The second-order valence-corrected chi connectivity index (χ2v) is 4.37. The van der Waals surface area contributed by atoms with Crippen LogP contribution in [-0.4, -0.2) is 16.2 Å². The third kappa shape index (κ3) is 1.67. The molecule has 3 nitrogen and oxygen atoms in total. The molecule has 1 unspecified atom stereocenters. The molecule has 1 atom stereocenters. The second kappa shape index (κ2) is 3.71. The van der Waals surface area contributed by atoms with Crippen molar-refractivity contribution in [2.45, 2.75) is 19.4 Å². The van der Waals surface area contributed by atoms with Gasteiger partial charge in [-0.1, -0.05) is 12.1 Å². The summed E-state index contributed by atoms with van der Waals surface area (Å²) in [7, 11) is 0. The average molecular weight is 254 g/mol. The van der Waals surface area contributed by atoms with Crippen molar-refractivity contribution in [1.29, 1.82) is 0 Å². The lowest BCUT2D eigenvalue weighted by Crippen LogP contribution is -2.18. The molecular formula is C10H12BrN3. The van der Waals surface area contributed by atoms with E-state index >= 15 is 0 Å². The molecule has 1 heterocycles. The van der Waals surface area contributed by atoms with Crippen LogP contribution in [0.3, 0.4) is 0 Å². The Labute approximate surface area is 90.8 Å². The molecule has 0 fully saturated rings. The predicted octanol–water partition coefficient (Wildman–Crippen LogP) is 2.22. The van der Waals surface area contributed by atoms with E-state index in [-0.39, 0.29) is 6.04 Å². The molecule has 0 saturated carbocycles. The highest BCUT2D eigenvalue weighted by Gasteiger charge is 2.08. The standard InChI is InChI=1S/C10H12BrN3/c1-6(12)5-9-7-3-2-4-8(11)10(7)14-13-9/h2-4,6H,5,12H2,1H3,(H,13,14). The first-order valence-electron chi connectivity index (χ1n) is 4.55. The number of hydrogen-bond acceptors (Lipinski definition) is 2. The third-order valence-electron chi connectivity index (χ3n) is 2.14. The molecule has 0 saturated heterocycles. The van der Waals surface area contributed by atoms with Gasteiger partial charge in [0.05, 0.1) is 0 Å². The maximum absolute atomic E-state index is 5.75.